The van der Waals surface area contributed by atoms with E-state index in [2.05, 4.69) is 65.2 Å². The Morgan fingerprint density at radius 1 is 0.862 bits per heavy atom. The first-order valence-corrected chi connectivity index (χ1v) is 34.2. The Kier molecular flexibility index (Phi) is 30.4. The van der Waals surface area contributed by atoms with Gasteiger partial charge < -0.3 is 43.3 Å². The van der Waals surface area contributed by atoms with Gasteiger partial charge in [-0.05, 0) is 86.7 Å². The summed E-state index contributed by atoms with van der Waals surface area (Å²) in [5.41, 5.74) is 0.549. The number of carbonyl (C=O) groups excluding carboxylic acids is 5. The maximum Gasteiger partial charge on any atom is 0.389 e. The number of methoxy groups -OCH3 is 3. The average Bonchev–Trinajstić information content (AvgIpc) is 1.59. The van der Waals surface area contributed by atoms with E-state index in [9.17, 15) is 72.6 Å². The number of halogens is 5. The van der Waals surface area contributed by atoms with Gasteiger partial charge >= 0.3 is 30.2 Å². The number of ether oxygens (including phenoxy) is 4. The Labute approximate surface area is 544 Å². The number of pyridine rings is 1. The van der Waals surface area contributed by atoms with E-state index in [0.29, 0.717) is 34.9 Å². The van der Waals surface area contributed by atoms with Crippen LogP contribution in [0.4, 0.5) is 44.7 Å². The van der Waals surface area contributed by atoms with E-state index in [4.69, 9.17) is 47.0 Å². The van der Waals surface area contributed by atoms with Crippen LogP contribution in [0.5, 0.6) is 23.5 Å². The van der Waals surface area contributed by atoms with Gasteiger partial charge in [0.05, 0.1) is 80.2 Å². The van der Waals surface area contributed by atoms with Gasteiger partial charge in [0, 0.05) is 43.9 Å². The molecule has 3 aromatic heterocycles. The van der Waals surface area contributed by atoms with Crippen molar-refractivity contribution in [2.75, 3.05) is 82.6 Å². The van der Waals surface area contributed by atoms with Crippen LogP contribution in [0, 0.1) is 25.1 Å². The first kappa shape index (κ1) is 79.4. The zero-order valence-corrected chi connectivity index (χ0v) is 55.8. The molecule has 0 radical (unpaired) electrons. The van der Waals surface area contributed by atoms with Crippen molar-refractivity contribution < 1.29 is 102 Å². The topological polar surface area (TPSA) is 432 Å². The van der Waals surface area contributed by atoms with Crippen molar-refractivity contribution in [3.05, 3.63) is 99.7 Å². The molecule has 31 nitrogen and oxygen atoms in total. The van der Waals surface area contributed by atoms with Gasteiger partial charge in [0.1, 0.15) is 25.0 Å². The van der Waals surface area contributed by atoms with E-state index in [-0.39, 0.29) is 63.1 Å². The summed E-state index contributed by atoms with van der Waals surface area (Å²) in [6.45, 7) is 2.65. The van der Waals surface area contributed by atoms with Gasteiger partial charge in [0.15, 0.2) is 11.1 Å². The molecule has 7 rings (SSSR count). The van der Waals surface area contributed by atoms with E-state index in [1.54, 1.807) is 16.4 Å². The molecule has 40 heteroatoms. The number of sulfonamides is 2. The van der Waals surface area contributed by atoms with Crippen LogP contribution in [0.2, 0.25) is 5.02 Å². The number of nitrogens with one attached hydrogen (secondary N) is 5. The molecule has 0 bridgehead atoms. The van der Waals surface area contributed by atoms with Gasteiger partial charge in [-0.15, -0.1) is 6.42 Å². The molecule has 7 N–H and O–H groups in total. The molecule has 0 saturated carbocycles. The van der Waals surface area contributed by atoms with Crippen LogP contribution < -0.4 is 54.1 Å². The SMILES string of the molecule is C#CC(C)Oc1cc(N2C(=O)C3=C(CCCC3)C2=O)c(F)cc1Cl.COc1cc(OC)nc(NC(=O)NS(=O)(=O)c2ncccc2C(=O)N(C)C)n1.COc1nc(C)nc(NC(=O)NS(=O)(=O)c2ccccc2CCC(F)(F)F)n1.C[S+](C)C.O=C(O)CNCP(=O)([O-])O. The Balaban J connectivity index is 0.000000334. The van der Waals surface area contributed by atoms with Crippen molar-refractivity contribution in [2.45, 2.75) is 74.6 Å². The monoisotopic (exact) mass is 1420 g/mol. The predicted molar refractivity (Wildman–Crippen MR) is 332 cm³/mol. The van der Waals surface area contributed by atoms with E-state index in [1.807, 2.05) is 5.32 Å². The van der Waals surface area contributed by atoms with Crippen LogP contribution in [0.25, 0.3) is 0 Å². The number of terminal acetylenes is 1. The highest BCUT2D eigenvalue weighted by Crippen LogP contribution is 2.40. The number of aromatic nitrogens is 6. The zero-order chi connectivity index (χ0) is 71.1. The molecule has 512 valence electrons. The fourth-order valence-electron chi connectivity index (χ4n) is 7.40. The number of nitrogens with zero attached hydrogens (tertiary/aromatic N) is 8. The quantitative estimate of drug-likeness (QED) is 0.0196. The molecule has 0 spiro atoms. The molecule has 0 fully saturated rings. The minimum atomic E-state index is -4.46. The first-order valence-electron chi connectivity index (χ1n) is 26.7. The first-order chi connectivity index (χ1) is 43.8. The molecule has 7 amide bonds. The fraction of sp³-hybridized carbons (Fsp3) is 0.370. The largest absolute Gasteiger partial charge is 0.778 e. The average molecular weight is 1420 g/mol. The maximum atomic E-state index is 14.4. The third-order valence-corrected chi connectivity index (χ3v) is 14.9. The summed E-state index contributed by atoms with van der Waals surface area (Å²) in [6.07, 6.45) is 8.34. The molecule has 2 atom stereocenters. The third-order valence-electron chi connectivity index (χ3n) is 11.3. The summed E-state index contributed by atoms with van der Waals surface area (Å²) in [7, 11) is -5.70. The number of alkyl halides is 3. The molecule has 4 heterocycles. The second-order valence-corrected chi connectivity index (χ2v) is 27.2. The number of hydrogen-bond acceptors (Lipinski definition) is 23. The molecular weight excluding hydrogens is 1360 g/mol. The van der Waals surface area contributed by atoms with Gasteiger partial charge in [-0.1, -0.05) is 35.7 Å². The van der Waals surface area contributed by atoms with Gasteiger partial charge in [0.2, 0.25) is 23.7 Å². The molecule has 0 saturated heterocycles. The summed E-state index contributed by atoms with van der Waals surface area (Å²) in [5, 5.41) is 13.7. The molecule has 94 heavy (non-hydrogen) atoms. The molecule has 2 aromatic carbocycles. The van der Waals surface area contributed by atoms with Crippen LogP contribution >= 0.6 is 19.2 Å². The number of aliphatic carboxylic acids is 1. The van der Waals surface area contributed by atoms with Crippen molar-refractivity contribution in [1.29, 1.82) is 0 Å². The Morgan fingerprint density at radius 2 is 1.40 bits per heavy atom. The van der Waals surface area contributed by atoms with Crippen LogP contribution in [0.3, 0.4) is 0 Å². The second-order valence-electron chi connectivity index (χ2n) is 19.5. The highest BCUT2D eigenvalue weighted by atomic mass is 35.5. The highest BCUT2D eigenvalue weighted by molar-refractivity contribution is 7.94. The number of benzene rings is 2. The van der Waals surface area contributed by atoms with Gasteiger partial charge in [-0.3, -0.25) is 35.1 Å². The summed E-state index contributed by atoms with van der Waals surface area (Å²) in [6, 6.07) is 8.99. The van der Waals surface area contributed by atoms with Crippen molar-refractivity contribution in [3.8, 4) is 35.9 Å². The van der Waals surface area contributed by atoms with E-state index < -0.39 is 117 Å². The molecule has 2 aliphatic rings. The van der Waals surface area contributed by atoms with Gasteiger partial charge in [0.25, 0.3) is 37.8 Å². The lowest BCUT2D eigenvalue weighted by Gasteiger charge is -2.19. The van der Waals surface area contributed by atoms with Crippen LogP contribution in [0.1, 0.15) is 60.8 Å². The summed E-state index contributed by atoms with van der Waals surface area (Å²) in [5.74, 6) is -1.08. The Morgan fingerprint density at radius 3 is 1.90 bits per heavy atom. The lowest BCUT2D eigenvalue weighted by molar-refractivity contribution is -0.193. The minimum Gasteiger partial charge on any atom is -0.778 e. The third kappa shape index (κ3) is 25.9. The standard InChI is InChI=1S/C18H15ClFNO3.C15H16F3N5O4S.C15H18N6O6S.C3H8NO5P.C3H9S/c1-3-10(2)24-16-9-15(14(20)8-13(16)19)21-17(22)11-6-4-5-7-12(11)18(21)23;1-9-19-12(22-14(20-9)27-2)21-13(24)23-28(25,26)11-6-4-3-5-10(11)7-8-15(16,17)18;1-21(2)13(22)9-6-5-7-16-12(9)28(24,25)20-15(23)19-14-17-10(26-3)8-11(18-14)27-4;5-3(6)1-4-2-10(7,8)9;1-4(2)3/h1,8-10H,4-7H2,2H3;3-6H,7-8H2,1-2H3,(H2,19,20,21,22,23,24);5-8H,1-4H3,(H2,17,18,19,20,23);4H,1-2H2,(H,5,6)(H2,7,8,9);1-3H3/q;;;;+1/p-1. The van der Waals surface area contributed by atoms with E-state index >= 15 is 0 Å². The van der Waals surface area contributed by atoms with Crippen LogP contribution in [0.15, 0.2) is 81.9 Å². The van der Waals surface area contributed by atoms with Gasteiger partial charge in [-0.25, -0.2) is 41.7 Å². The molecular formula is C54H65ClF4N13O18PS3. The van der Waals surface area contributed by atoms with Crippen molar-refractivity contribution in [3.63, 3.8) is 0 Å². The maximum absolute atomic E-state index is 14.4. The fourth-order valence-corrected chi connectivity index (χ4v) is 10.2. The molecule has 2 unspecified atom stereocenters. The molecule has 1 aliphatic carbocycles. The Hall–Kier alpha value is -8.83. The number of aryl methyl sites for hydroxylation is 2. The highest BCUT2D eigenvalue weighted by Gasteiger charge is 2.41. The van der Waals surface area contributed by atoms with Crippen LogP contribution in [-0.2, 0) is 56.3 Å². The van der Waals surface area contributed by atoms with E-state index in [0.717, 1.165) is 29.9 Å². The Bertz CT molecular complexity index is 3870. The number of anilines is 3. The smallest absolute Gasteiger partial charge is 0.389 e. The number of amides is 7. The molecule has 1 aliphatic heterocycles. The zero-order valence-electron chi connectivity index (χ0n) is 51.7. The van der Waals surface area contributed by atoms with Crippen molar-refractivity contribution in [2.24, 2.45) is 0 Å². The summed E-state index contributed by atoms with van der Waals surface area (Å²) >= 11 is 5.97. The predicted octanol–water partition coefficient (Wildman–Crippen LogP) is 4.58. The number of carboxylic acids is 1. The number of imide groups is 1. The summed E-state index contributed by atoms with van der Waals surface area (Å²) in [4.78, 5) is 114. The number of carbonyl (C=O) groups is 6. The number of urea groups is 2. The number of rotatable bonds is 19. The number of carboxylic acid groups (broad SMARTS) is 1. The summed E-state index contributed by atoms with van der Waals surface area (Å²) < 4.78 is 135. The van der Waals surface area contributed by atoms with Crippen molar-refractivity contribution >= 4 is 103 Å². The van der Waals surface area contributed by atoms with Gasteiger partial charge in [-0.2, -0.15) is 46.5 Å². The van der Waals surface area contributed by atoms with E-state index in [1.165, 1.54) is 95.9 Å². The second kappa shape index (κ2) is 36.0. The molecule has 5 aromatic rings. The van der Waals surface area contributed by atoms with Crippen molar-refractivity contribution in [1.82, 2.24) is 49.6 Å². The lowest BCUT2D eigenvalue weighted by Crippen LogP contribution is -2.36. The number of hydrogen-bond donors (Lipinski definition) is 7. The van der Waals surface area contributed by atoms with Crippen LogP contribution in [-0.4, -0.2) is 177 Å². The lowest BCUT2D eigenvalue weighted by atomic mass is 9.93. The minimum absolute atomic E-state index is 0.0233. The normalized spacial score (nSPS) is 13.5.